The summed E-state index contributed by atoms with van der Waals surface area (Å²) in [5, 5.41) is 5.67. The number of hydrogen-bond donors (Lipinski definition) is 3. The number of carbonyl (C=O) groups excluding carboxylic acids is 2. The summed E-state index contributed by atoms with van der Waals surface area (Å²) >= 11 is 0. The maximum absolute atomic E-state index is 12.1. The molecule has 1 aliphatic carbocycles. The molecule has 1 aliphatic rings. The SMILES string of the molecule is CC(C)NC(=O)CCNC(=O)C(C)C1CCCC(N)C1. The highest BCUT2D eigenvalue weighted by Crippen LogP contribution is 2.29. The van der Waals surface area contributed by atoms with E-state index >= 15 is 0 Å². The van der Waals surface area contributed by atoms with Gasteiger partial charge in [0.2, 0.25) is 11.8 Å². The molecule has 0 aliphatic heterocycles. The van der Waals surface area contributed by atoms with Gasteiger partial charge in [-0.2, -0.15) is 0 Å². The molecule has 0 saturated heterocycles. The van der Waals surface area contributed by atoms with Crippen molar-refractivity contribution in [3.8, 4) is 0 Å². The molecule has 0 aromatic carbocycles. The molecule has 0 aromatic rings. The summed E-state index contributed by atoms with van der Waals surface area (Å²) in [7, 11) is 0. The number of amides is 2. The average Bonchev–Trinajstić information content (AvgIpc) is 2.36. The van der Waals surface area contributed by atoms with Gasteiger partial charge in [0.25, 0.3) is 0 Å². The van der Waals surface area contributed by atoms with E-state index in [-0.39, 0.29) is 29.8 Å². The molecule has 2 amide bonds. The number of nitrogens with two attached hydrogens (primary N) is 1. The van der Waals surface area contributed by atoms with Crippen molar-refractivity contribution in [3.63, 3.8) is 0 Å². The van der Waals surface area contributed by atoms with Gasteiger partial charge in [0.15, 0.2) is 0 Å². The van der Waals surface area contributed by atoms with Crippen LogP contribution in [0.4, 0.5) is 0 Å². The van der Waals surface area contributed by atoms with E-state index in [1.54, 1.807) is 0 Å². The summed E-state index contributed by atoms with van der Waals surface area (Å²) in [6, 6.07) is 0.377. The molecule has 3 unspecified atom stereocenters. The highest BCUT2D eigenvalue weighted by Gasteiger charge is 2.28. The minimum Gasteiger partial charge on any atom is -0.355 e. The van der Waals surface area contributed by atoms with Crippen LogP contribution < -0.4 is 16.4 Å². The third-order valence-corrected chi connectivity index (χ3v) is 3.98. The Morgan fingerprint density at radius 3 is 2.55 bits per heavy atom. The van der Waals surface area contributed by atoms with Crippen molar-refractivity contribution >= 4 is 11.8 Å². The third kappa shape index (κ3) is 5.90. The van der Waals surface area contributed by atoms with Gasteiger partial charge in [0.1, 0.15) is 0 Å². The highest BCUT2D eigenvalue weighted by atomic mass is 16.2. The maximum Gasteiger partial charge on any atom is 0.223 e. The summed E-state index contributed by atoms with van der Waals surface area (Å²) in [5.74, 6) is 0.381. The van der Waals surface area contributed by atoms with Crippen molar-refractivity contribution in [1.82, 2.24) is 10.6 Å². The Bertz CT molecular complexity index is 331. The molecule has 1 fully saturated rings. The van der Waals surface area contributed by atoms with Crippen molar-refractivity contribution in [2.75, 3.05) is 6.54 Å². The Labute approximate surface area is 122 Å². The number of rotatable bonds is 6. The molecule has 0 radical (unpaired) electrons. The molecule has 4 N–H and O–H groups in total. The Hall–Kier alpha value is -1.10. The summed E-state index contributed by atoms with van der Waals surface area (Å²) in [6.07, 6.45) is 4.53. The van der Waals surface area contributed by atoms with Crippen molar-refractivity contribution in [3.05, 3.63) is 0 Å². The molecule has 5 heteroatoms. The molecule has 1 rings (SSSR count). The smallest absolute Gasteiger partial charge is 0.223 e. The Morgan fingerprint density at radius 1 is 1.25 bits per heavy atom. The van der Waals surface area contributed by atoms with Gasteiger partial charge in [0, 0.05) is 31.0 Å². The van der Waals surface area contributed by atoms with E-state index < -0.39 is 0 Å². The first-order valence-electron chi connectivity index (χ1n) is 7.72. The van der Waals surface area contributed by atoms with E-state index in [9.17, 15) is 9.59 Å². The van der Waals surface area contributed by atoms with Gasteiger partial charge >= 0.3 is 0 Å². The van der Waals surface area contributed by atoms with Gasteiger partial charge < -0.3 is 16.4 Å². The maximum atomic E-state index is 12.1. The standard InChI is InChI=1S/C15H29N3O2/c1-10(2)18-14(19)7-8-17-15(20)11(3)12-5-4-6-13(16)9-12/h10-13H,4-9,16H2,1-3H3,(H,17,20)(H,18,19). The van der Waals surface area contributed by atoms with Crippen LogP contribution in [-0.4, -0.2) is 30.4 Å². The van der Waals surface area contributed by atoms with Gasteiger partial charge in [-0.05, 0) is 39.0 Å². The van der Waals surface area contributed by atoms with Crippen LogP contribution in [0.2, 0.25) is 0 Å². The fourth-order valence-electron chi connectivity index (χ4n) is 2.79. The molecule has 116 valence electrons. The molecule has 0 aromatic heterocycles. The van der Waals surface area contributed by atoms with Gasteiger partial charge in [-0.3, -0.25) is 9.59 Å². The fourth-order valence-corrected chi connectivity index (χ4v) is 2.79. The van der Waals surface area contributed by atoms with Crippen LogP contribution in [0.5, 0.6) is 0 Å². The van der Waals surface area contributed by atoms with E-state index in [1.807, 2.05) is 20.8 Å². The Morgan fingerprint density at radius 2 is 1.95 bits per heavy atom. The summed E-state index contributed by atoms with van der Waals surface area (Å²) in [5.41, 5.74) is 5.96. The average molecular weight is 283 g/mol. The fraction of sp³-hybridized carbons (Fsp3) is 0.867. The lowest BCUT2D eigenvalue weighted by Gasteiger charge is -2.30. The van der Waals surface area contributed by atoms with Crippen LogP contribution in [0, 0.1) is 11.8 Å². The molecule has 3 atom stereocenters. The Balaban J connectivity index is 2.26. The van der Waals surface area contributed by atoms with E-state index in [0.29, 0.717) is 18.9 Å². The van der Waals surface area contributed by atoms with Crippen molar-refractivity contribution in [2.45, 2.75) is 65.0 Å². The molecule has 0 spiro atoms. The first kappa shape index (κ1) is 17.0. The molecule has 0 bridgehead atoms. The summed E-state index contributed by atoms with van der Waals surface area (Å²) in [6.45, 7) is 6.21. The van der Waals surface area contributed by atoms with E-state index in [2.05, 4.69) is 10.6 Å². The zero-order valence-electron chi connectivity index (χ0n) is 12.9. The molecular weight excluding hydrogens is 254 g/mol. The van der Waals surface area contributed by atoms with E-state index in [0.717, 1.165) is 25.7 Å². The minimum absolute atomic E-state index is 0.0190. The lowest BCUT2D eigenvalue weighted by molar-refractivity contribution is -0.126. The number of nitrogens with one attached hydrogen (secondary N) is 2. The van der Waals surface area contributed by atoms with Gasteiger partial charge in [-0.15, -0.1) is 0 Å². The van der Waals surface area contributed by atoms with Crippen molar-refractivity contribution in [2.24, 2.45) is 17.6 Å². The van der Waals surface area contributed by atoms with Crippen molar-refractivity contribution in [1.29, 1.82) is 0 Å². The normalized spacial score (nSPS) is 24.2. The molecule has 0 heterocycles. The molecule has 5 nitrogen and oxygen atoms in total. The van der Waals surface area contributed by atoms with Crippen LogP contribution in [0.15, 0.2) is 0 Å². The van der Waals surface area contributed by atoms with Crippen molar-refractivity contribution < 1.29 is 9.59 Å². The zero-order chi connectivity index (χ0) is 15.1. The highest BCUT2D eigenvalue weighted by molar-refractivity contribution is 5.80. The summed E-state index contributed by atoms with van der Waals surface area (Å²) in [4.78, 5) is 23.5. The lowest BCUT2D eigenvalue weighted by atomic mass is 9.78. The van der Waals surface area contributed by atoms with E-state index in [4.69, 9.17) is 5.73 Å². The van der Waals surface area contributed by atoms with E-state index in [1.165, 1.54) is 0 Å². The van der Waals surface area contributed by atoms with Gasteiger partial charge in [-0.25, -0.2) is 0 Å². The predicted octanol–water partition coefficient (Wildman–Crippen LogP) is 1.17. The van der Waals surface area contributed by atoms with Crippen LogP contribution in [-0.2, 0) is 9.59 Å². The van der Waals surface area contributed by atoms with Crippen LogP contribution in [0.1, 0.15) is 52.9 Å². The largest absolute Gasteiger partial charge is 0.355 e. The predicted molar refractivity (Wildman–Crippen MR) is 80.0 cm³/mol. The molecule has 1 saturated carbocycles. The second-order valence-electron chi connectivity index (χ2n) is 6.24. The third-order valence-electron chi connectivity index (χ3n) is 3.98. The first-order valence-corrected chi connectivity index (χ1v) is 7.72. The number of carbonyl (C=O) groups is 2. The number of hydrogen-bond acceptors (Lipinski definition) is 3. The molecular formula is C15H29N3O2. The van der Waals surface area contributed by atoms with Gasteiger partial charge in [0.05, 0.1) is 0 Å². The van der Waals surface area contributed by atoms with Crippen LogP contribution >= 0.6 is 0 Å². The second-order valence-corrected chi connectivity index (χ2v) is 6.24. The zero-order valence-corrected chi connectivity index (χ0v) is 12.9. The van der Waals surface area contributed by atoms with Crippen LogP contribution in [0.3, 0.4) is 0 Å². The van der Waals surface area contributed by atoms with Crippen LogP contribution in [0.25, 0.3) is 0 Å². The topological polar surface area (TPSA) is 84.2 Å². The Kier molecular flexibility index (Phi) is 6.99. The summed E-state index contributed by atoms with van der Waals surface area (Å²) < 4.78 is 0. The first-order chi connectivity index (χ1) is 9.40. The van der Waals surface area contributed by atoms with Gasteiger partial charge in [-0.1, -0.05) is 13.3 Å². The second kappa shape index (κ2) is 8.25. The minimum atomic E-state index is -0.0207. The quantitative estimate of drug-likeness (QED) is 0.684. The lowest BCUT2D eigenvalue weighted by Crippen LogP contribution is -2.39. The monoisotopic (exact) mass is 283 g/mol. The molecule has 20 heavy (non-hydrogen) atoms.